The highest BCUT2D eigenvalue weighted by atomic mass is 35.5. The Labute approximate surface area is 174 Å². The van der Waals surface area contributed by atoms with Crippen molar-refractivity contribution in [1.29, 1.82) is 0 Å². The van der Waals surface area contributed by atoms with Gasteiger partial charge in [-0.2, -0.15) is 0 Å². The molecule has 0 bridgehead atoms. The molecule has 0 aromatic heterocycles. The monoisotopic (exact) mass is 398 g/mol. The van der Waals surface area contributed by atoms with E-state index in [1.54, 1.807) is 0 Å². The van der Waals surface area contributed by atoms with E-state index in [1.165, 1.54) is 0 Å². The standard InChI is InChI=1S/C26H16Cl2/c27-25-20-13-7-8-14-21(20)26(28)24-22(25)16-15-19(17-9-3-1-4-10-17)23(24)18-11-5-2-6-12-18/h1-16H. The number of hydrogen-bond acceptors (Lipinski definition) is 0. The molecule has 0 unspecified atom stereocenters. The maximum absolute atomic E-state index is 7.00. The van der Waals surface area contributed by atoms with Crippen molar-refractivity contribution in [3.63, 3.8) is 0 Å². The maximum Gasteiger partial charge on any atom is 0.0570 e. The molecular formula is C26H16Cl2. The van der Waals surface area contributed by atoms with E-state index in [-0.39, 0.29) is 0 Å². The zero-order chi connectivity index (χ0) is 19.1. The van der Waals surface area contributed by atoms with Crippen LogP contribution in [0.4, 0.5) is 0 Å². The van der Waals surface area contributed by atoms with Crippen molar-refractivity contribution in [1.82, 2.24) is 0 Å². The van der Waals surface area contributed by atoms with Crippen LogP contribution >= 0.6 is 23.2 Å². The van der Waals surface area contributed by atoms with Gasteiger partial charge < -0.3 is 0 Å². The predicted molar refractivity (Wildman–Crippen MR) is 122 cm³/mol. The molecule has 0 N–H and O–H groups in total. The molecular weight excluding hydrogens is 383 g/mol. The third-order valence-electron chi connectivity index (χ3n) is 5.21. The molecule has 0 nitrogen and oxygen atoms in total. The highest BCUT2D eigenvalue weighted by molar-refractivity contribution is 6.48. The fourth-order valence-electron chi connectivity index (χ4n) is 3.92. The van der Waals surface area contributed by atoms with Gasteiger partial charge in [-0.3, -0.25) is 0 Å². The number of benzene rings is 5. The topological polar surface area (TPSA) is 0 Å². The van der Waals surface area contributed by atoms with Gasteiger partial charge in [-0.25, -0.2) is 0 Å². The van der Waals surface area contributed by atoms with Gasteiger partial charge in [0.2, 0.25) is 0 Å². The molecule has 134 valence electrons. The minimum absolute atomic E-state index is 0.742. The summed E-state index contributed by atoms with van der Waals surface area (Å²) in [5.41, 5.74) is 4.54. The van der Waals surface area contributed by atoms with Crippen LogP contribution in [0, 0.1) is 0 Å². The molecule has 0 aliphatic heterocycles. The van der Waals surface area contributed by atoms with Crippen molar-refractivity contribution in [2.24, 2.45) is 0 Å². The van der Waals surface area contributed by atoms with E-state index >= 15 is 0 Å². The van der Waals surface area contributed by atoms with Gasteiger partial charge in [0, 0.05) is 21.5 Å². The summed E-state index contributed by atoms with van der Waals surface area (Å²) in [5.74, 6) is 0. The lowest BCUT2D eigenvalue weighted by molar-refractivity contribution is 1.61. The van der Waals surface area contributed by atoms with Gasteiger partial charge in [0.15, 0.2) is 0 Å². The van der Waals surface area contributed by atoms with Gasteiger partial charge in [-0.05, 0) is 22.3 Å². The van der Waals surface area contributed by atoms with Crippen molar-refractivity contribution >= 4 is 44.7 Å². The van der Waals surface area contributed by atoms with Crippen molar-refractivity contribution in [2.45, 2.75) is 0 Å². The molecule has 0 atom stereocenters. The molecule has 0 saturated carbocycles. The SMILES string of the molecule is Clc1c2ccccc2c(Cl)c2c(-c3ccccc3)c(-c3ccccc3)ccc12. The number of rotatable bonds is 2. The third-order valence-corrected chi connectivity index (χ3v) is 6.01. The molecule has 28 heavy (non-hydrogen) atoms. The van der Waals surface area contributed by atoms with E-state index in [2.05, 4.69) is 60.7 Å². The Morgan fingerprint density at radius 1 is 0.429 bits per heavy atom. The minimum atomic E-state index is 0.742. The van der Waals surface area contributed by atoms with Crippen LogP contribution in [0.2, 0.25) is 10.0 Å². The molecule has 0 heterocycles. The molecule has 0 amide bonds. The fourth-order valence-corrected chi connectivity index (χ4v) is 4.61. The molecule has 0 saturated heterocycles. The van der Waals surface area contributed by atoms with Gasteiger partial charge in [0.25, 0.3) is 0 Å². The summed E-state index contributed by atoms with van der Waals surface area (Å²) < 4.78 is 0. The highest BCUT2D eigenvalue weighted by Gasteiger charge is 2.18. The molecule has 0 fully saturated rings. The quantitative estimate of drug-likeness (QED) is 0.261. The molecule has 5 aromatic rings. The van der Waals surface area contributed by atoms with Gasteiger partial charge in [0.05, 0.1) is 10.0 Å². The van der Waals surface area contributed by atoms with Crippen LogP contribution in [0.5, 0.6) is 0 Å². The Kier molecular flexibility index (Phi) is 4.31. The van der Waals surface area contributed by atoms with Crippen LogP contribution in [-0.4, -0.2) is 0 Å². The van der Waals surface area contributed by atoms with Crippen LogP contribution < -0.4 is 0 Å². The Morgan fingerprint density at radius 2 is 0.964 bits per heavy atom. The first kappa shape index (κ1) is 17.3. The van der Waals surface area contributed by atoms with Crippen molar-refractivity contribution < 1.29 is 0 Å². The smallest absolute Gasteiger partial charge is 0.0570 e. The summed E-state index contributed by atoms with van der Waals surface area (Å²) >= 11 is 13.8. The Morgan fingerprint density at radius 3 is 1.61 bits per heavy atom. The van der Waals surface area contributed by atoms with E-state index in [0.29, 0.717) is 0 Å². The summed E-state index contributed by atoms with van der Waals surface area (Å²) in [4.78, 5) is 0. The van der Waals surface area contributed by atoms with Crippen molar-refractivity contribution in [2.75, 3.05) is 0 Å². The number of fused-ring (bicyclic) bond motifs is 2. The molecule has 2 heteroatoms. The second-order valence-electron chi connectivity index (χ2n) is 6.82. The predicted octanol–water partition coefficient (Wildman–Crippen LogP) is 8.63. The molecule has 0 aliphatic carbocycles. The van der Waals surface area contributed by atoms with E-state index in [4.69, 9.17) is 23.2 Å². The lowest BCUT2D eigenvalue weighted by Gasteiger charge is -2.18. The minimum Gasteiger partial charge on any atom is -0.0830 e. The van der Waals surface area contributed by atoms with E-state index in [1.807, 2.05) is 36.4 Å². The molecule has 5 rings (SSSR count). The summed E-state index contributed by atoms with van der Waals surface area (Å²) in [6.45, 7) is 0. The Hall–Kier alpha value is -2.80. The van der Waals surface area contributed by atoms with Crippen molar-refractivity contribution in [3.05, 3.63) is 107 Å². The summed E-state index contributed by atoms with van der Waals surface area (Å²) in [6, 6.07) is 33.1. The average Bonchev–Trinajstić information content (AvgIpc) is 2.78. The lowest BCUT2D eigenvalue weighted by atomic mass is 9.88. The summed E-state index contributed by atoms with van der Waals surface area (Å²) in [5, 5.41) is 5.41. The van der Waals surface area contributed by atoms with Gasteiger partial charge >= 0.3 is 0 Å². The molecule has 0 aliphatic rings. The molecule has 0 radical (unpaired) electrons. The normalized spacial score (nSPS) is 11.2. The number of halogens is 2. The van der Waals surface area contributed by atoms with Crippen molar-refractivity contribution in [3.8, 4) is 22.3 Å². The zero-order valence-corrected chi connectivity index (χ0v) is 16.5. The zero-order valence-electron chi connectivity index (χ0n) is 15.0. The lowest BCUT2D eigenvalue weighted by Crippen LogP contribution is -1.91. The van der Waals surface area contributed by atoms with Gasteiger partial charge in [0.1, 0.15) is 0 Å². The molecule has 5 aromatic carbocycles. The van der Waals surface area contributed by atoms with E-state index in [9.17, 15) is 0 Å². The fraction of sp³-hybridized carbons (Fsp3) is 0. The largest absolute Gasteiger partial charge is 0.0830 e. The van der Waals surface area contributed by atoms with Gasteiger partial charge in [-0.15, -0.1) is 0 Å². The molecule has 0 spiro atoms. The van der Waals surface area contributed by atoms with Crippen LogP contribution in [0.3, 0.4) is 0 Å². The van der Waals surface area contributed by atoms with Gasteiger partial charge in [-0.1, -0.05) is 120 Å². The summed E-state index contributed by atoms with van der Waals surface area (Å²) in [6.07, 6.45) is 0. The summed E-state index contributed by atoms with van der Waals surface area (Å²) in [7, 11) is 0. The third kappa shape index (κ3) is 2.69. The highest BCUT2D eigenvalue weighted by Crippen LogP contribution is 2.46. The van der Waals surface area contributed by atoms with E-state index < -0.39 is 0 Å². The van der Waals surface area contributed by atoms with Crippen LogP contribution in [0.1, 0.15) is 0 Å². The Balaban J connectivity index is 2.01. The maximum atomic E-state index is 7.00. The Bertz CT molecular complexity index is 1310. The van der Waals surface area contributed by atoms with Crippen LogP contribution in [-0.2, 0) is 0 Å². The number of hydrogen-bond donors (Lipinski definition) is 0. The average molecular weight is 399 g/mol. The second kappa shape index (κ2) is 6.98. The van der Waals surface area contributed by atoms with Crippen LogP contribution in [0.15, 0.2) is 97.1 Å². The first-order chi connectivity index (χ1) is 13.8. The van der Waals surface area contributed by atoms with E-state index in [0.717, 1.165) is 53.8 Å². The first-order valence-corrected chi connectivity index (χ1v) is 9.94. The second-order valence-corrected chi connectivity index (χ2v) is 7.57. The first-order valence-electron chi connectivity index (χ1n) is 9.19. The van der Waals surface area contributed by atoms with Crippen LogP contribution in [0.25, 0.3) is 43.8 Å².